The fourth-order valence-electron chi connectivity index (χ4n) is 1.92. The van der Waals surface area contributed by atoms with Gasteiger partial charge in [0.2, 0.25) is 0 Å². The largest absolute Gasteiger partial charge is 0.381 e. The standard InChI is InChI=1S/C13H21N3O2/c1-13(2,3)14-7-10-6-11(17)16-12(15-10)9-4-5-18-8-9/h6,9,14H,4-5,7-8H2,1-3H3,(H,15,16,17). The van der Waals surface area contributed by atoms with E-state index in [9.17, 15) is 4.79 Å². The van der Waals surface area contributed by atoms with E-state index in [1.165, 1.54) is 0 Å². The molecule has 1 atom stereocenters. The number of hydrogen-bond donors (Lipinski definition) is 2. The molecule has 0 aliphatic carbocycles. The zero-order valence-corrected chi connectivity index (χ0v) is 11.2. The molecule has 2 N–H and O–H groups in total. The number of aromatic nitrogens is 2. The number of ether oxygens (including phenoxy) is 1. The molecule has 1 aliphatic heterocycles. The molecule has 0 amide bonds. The number of hydrogen-bond acceptors (Lipinski definition) is 4. The van der Waals surface area contributed by atoms with Gasteiger partial charge in [-0.05, 0) is 27.2 Å². The second kappa shape index (κ2) is 5.20. The summed E-state index contributed by atoms with van der Waals surface area (Å²) in [6.45, 7) is 8.27. The monoisotopic (exact) mass is 251 g/mol. The first-order chi connectivity index (χ1) is 8.44. The Balaban J connectivity index is 2.13. The Morgan fingerprint density at radius 3 is 2.94 bits per heavy atom. The summed E-state index contributed by atoms with van der Waals surface area (Å²) in [5.74, 6) is 0.984. The summed E-state index contributed by atoms with van der Waals surface area (Å²) >= 11 is 0. The highest BCUT2D eigenvalue weighted by molar-refractivity contribution is 5.07. The summed E-state index contributed by atoms with van der Waals surface area (Å²) < 4.78 is 5.33. The number of rotatable bonds is 3. The Morgan fingerprint density at radius 1 is 1.56 bits per heavy atom. The summed E-state index contributed by atoms with van der Waals surface area (Å²) in [4.78, 5) is 19.0. The van der Waals surface area contributed by atoms with Crippen LogP contribution in [-0.2, 0) is 11.3 Å². The first-order valence-electron chi connectivity index (χ1n) is 6.37. The molecule has 1 aromatic rings. The average molecular weight is 251 g/mol. The lowest BCUT2D eigenvalue weighted by atomic mass is 10.1. The average Bonchev–Trinajstić information content (AvgIpc) is 2.78. The van der Waals surface area contributed by atoms with Crippen molar-refractivity contribution in [1.82, 2.24) is 15.3 Å². The predicted molar refractivity (Wildman–Crippen MR) is 69.6 cm³/mol. The minimum Gasteiger partial charge on any atom is -0.381 e. The fraction of sp³-hybridized carbons (Fsp3) is 0.692. The van der Waals surface area contributed by atoms with E-state index in [0.717, 1.165) is 24.5 Å². The van der Waals surface area contributed by atoms with Crippen LogP contribution in [0.25, 0.3) is 0 Å². The van der Waals surface area contributed by atoms with E-state index in [-0.39, 0.29) is 17.0 Å². The van der Waals surface area contributed by atoms with Crippen molar-refractivity contribution < 1.29 is 4.74 Å². The molecule has 5 heteroatoms. The lowest BCUT2D eigenvalue weighted by Gasteiger charge is -2.20. The van der Waals surface area contributed by atoms with Crippen molar-refractivity contribution in [3.05, 3.63) is 27.9 Å². The van der Waals surface area contributed by atoms with Crippen molar-refractivity contribution >= 4 is 0 Å². The minimum absolute atomic E-state index is 0.0148. The summed E-state index contributed by atoms with van der Waals surface area (Å²) in [6, 6.07) is 1.55. The molecule has 5 nitrogen and oxygen atoms in total. The van der Waals surface area contributed by atoms with Crippen LogP contribution in [0.5, 0.6) is 0 Å². The molecule has 0 spiro atoms. The maximum atomic E-state index is 11.6. The minimum atomic E-state index is -0.0855. The second-order valence-corrected chi connectivity index (χ2v) is 5.79. The number of aromatic amines is 1. The Kier molecular flexibility index (Phi) is 3.82. The van der Waals surface area contributed by atoms with Crippen molar-refractivity contribution in [2.45, 2.75) is 45.2 Å². The fourth-order valence-corrected chi connectivity index (χ4v) is 1.92. The number of nitrogens with one attached hydrogen (secondary N) is 2. The van der Waals surface area contributed by atoms with E-state index >= 15 is 0 Å². The highest BCUT2D eigenvalue weighted by atomic mass is 16.5. The Hall–Kier alpha value is -1.20. The van der Waals surface area contributed by atoms with Gasteiger partial charge in [0.15, 0.2) is 0 Å². The quantitative estimate of drug-likeness (QED) is 0.846. The molecule has 1 aliphatic rings. The third-order valence-corrected chi connectivity index (χ3v) is 2.93. The van der Waals surface area contributed by atoms with E-state index in [1.807, 2.05) is 0 Å². The molecule has 0 aromatic carbocycles. The zero-order valence-electron chi connectivity index (χ0n) is 11.2. The third-order valence-electron chi connectivity index (χ3n) is 2.93. The van der Waals surface area contributed by atoms with Crippen LogP contribution in [0.15, 0.2) is 10.9 Å². The van der Waals surface area contributed by atoms with Gasteiger partial charge in [-0.3, -0.25) is 4.79 Å². The molecule has 1 aromatic heterocycles. The van der Waals surface area contributed by atoms with E-state index < -0.39 is 0 Å². The Bertz CT molecular complexity index is 456. The van der Waals surface area contributed by atoms with Crippen molar-refractivity contribution in [1.29, 1.82) is 0 Å². The van der Waals surface area contributed by atoms with Gasteiger partial charge in [0.05, 0.1) is 12.3 Å². The van der Waals surface area contributed by atoms with Crippen LogP contribution in [0.4, 0.5) is 0 Å². The Morgan fingerprint density at radius 2 is 2.33 bits per heavy atom. The molecule has 0 radical (unpaired) electrons. The number of H-pyrrole nitrogens is 1. The van der Waals surface area contributed by atoms with Crippen LogP contribution >= 0.6 is 0 Å². The van der Waals surface area contributed by atoms with Gasteiger partial charge < -0.3 is 15.0 Å². The molecule has 0 saturated carbocycles. The van der Waals surface area contributed by atoms with Gasteiger partial charge in [-0.15, -0.1) is 0 Å². The second-order valence-electron chi connectivity index (χ2n) is 5.79. The topological polar surface area (TPSA) is 67.0 Å². The third kappa shape index (κ3) is 3.65. The lowest BCUT2D eigenvalue weighted by molar-refractivity contribution is 0.193. The van der Waals surface area contributed by atoms with Gasteiger partial charge in [-0.1, -0.05) is 0 Å². The van der Waals surface area contributed by atoms with Gasteiger partial charge in [0.25, 0.3) is 5.56 Å². The summed E-state index contributed by atoms with van der Waals surface area (Å²) in [5, 5.41) is 3.34. The molecule has 100 valence electrons. The van der Waals surface area contributed by atoms with E-state index in [1.54, 1.807) is 6.07 Å². The van der Waals surface area contributed by atoms with Crippen molar-refractivity contribution in [2.24, 2.45) is 0 Å². The van der Waals surface area contributed by atoms with Gasteiger partial charge >= 0.3 is 0 Å². The smallest absolute Gasteiger partial charge is 0.251 e. The van der Waals surface area contributed by atoms with Crippen LogP contribution in [0.1, 0.15) is 44.6 Å². The van der Waals surface area contributed by atoms with Crippen molar-refractivity contribution in [2.75, 3.05) is 13.2 Å². The highest BCUT2D eigenvalue weighted by Crippen LogP contribution is 2.21. The van der Waals surface area contributed by atoms with Crippen LogP contribution < -0.4 is 10.9 Å². The normalized spacial score (nSPS) is 20.3. The van der Waals surface area contributed by atoms with Gasteiger partial charge in [0.1, 0.15) is 5.82 Å². The van der Waals surface area contributed by atoms with E-state index in [4.69, 9.17) is 4.74 Å². The SMILES string of the molecule is CC(C)(C)NCc1cc(=O)[nH]c(C2CCOC2)n1. The van der Waals surface area contributed by atoms with E-state index in [2.05, 4.69) is 36.1 Å². The summed E-state index contributed by atoms with van der Waals surface area (Å²) in [6.07, 6.45) is 0.930. The van der Waals surface area contributed by atoms with Crippen molar-refractivity contribution in [3.63, 3.8) is 0 Å². The number of nitrogens with zero attached hydrogens (tertiary/aromatic N) is 1. The maximum Gasteiger partial charge on any atom is 0.251 e. The molecule has 18 heavy (non-hydrogen) atoms. The molecule has 2 rings (SSSR count). The molecule has 2 heterocycles. The molecule has 0 bridgehead atoms. The summed E-state index contributed by atoms with van der Waals surface area (Å²) in [7, 11) is 0. The predicted octanol–water partition coefficient (Wildman–Crippen LogP) is 1.16. The van der Waals surface area contributed by atoms with Crippen LogP contribution in [-0.4, -0.2) is 28.7 Å². The maximum absolute atomic E-state index is 11.6. The Labute approximate surface area is 107 Å². The van der Waals surface area contributed by atoms with E-state index in [0.29, 0.717) is 13.2 Å². The summed E-state index contributed by atoms with van der Waals surface area (Å²) in [5.41, 5.74) is 0.717. The molecular weight excluding hydrogens is 230 g/mol. The molecule has 1 saturated heterocycles. The highest BCUT2D eigenvalue weighted by Gasteiger charge is 2.20. The van der Waals surface area contributed by atoms with Gasteiger partial charge in [0, 0.05) is 30.7 Å². The van der Waals surface area contributed by atoms with Crippen LogP contribution in [0.3, 0.4) is 0 Å². The zero-order chi connectivity index (χ0) is 13.2. The lowest BCUT2D eigenvalue weighted by Crippen LogP contribution is -2.35. The van der Waals surface area contributed by atoms with Crippen LogP contribution in [0, 0.1) is 0 Å². The van der Waals surface area contributed by atoms with Crippen molar-refractivity contribution in [3.8, 4) is 0 Å². The molecule has 1 unspecified atom stereocenters. The molecule has 1 fully saturated rings. The van der Waals surface area contributed by atoms with Crippen LogP contribution in [0.2, 0.25) is 0 Å². The van der Waals surface area contributed by atoms with Gasteiger partial charge in [-0.2, -0.15) is 0 Å². The molecular formula is C13H21N3O2. The van der Waals surface area contributed by atoms with Gasteiger partial charge in [-0.25, -0.2) is 4.98 Å². The first kappa shape index (κ1) is 13.2. The first-order valence-corrected chi connectivity index (χ1v) is 6.37.